The number of carbonyl (C=O) groups is 2. The summed E-state index contributed by atoms with van der Waals surface area (Å²) >= 11 is 0. The maximum atomic E-state index is 11.6. The van der Waals surface area contributed by atoms with E-state index in [0.29, 0.717) is 18.4 Å². The number of carboxylic acid groups (broad SMARTS) is 1. The smallest absolute Gasteiger partial charge is 0.314 e. The molecular weight excluding hydrogens is 244 g/mol. The van der Waals surface area contributed by atoms with Crippen LogP contribution < -0.4 is 10.6 Å². The molecule has 2 rings (SSSR count). The van der Waals surface area contributed by atoms with Gasteiger partial charge in [-0.05, 0) is 43.4 Å². The van der Waals surface area contributed by atoms with Gasteiger partial charge in [0.15, 0.2) is 0 Å². The molecule has 5 heteroatoms. The van der Waals surface area contributed by atoms with Gasteiger partial charge in [-0.25, -0.2) is 4.79 Å². The van der Waals surface area contributed by atoms with E-state index in [2.05, 4.69) is 10.6 Å². The first-order valence-electron chi connectivity index (χ1n) is 7.36. The lowest BCUT2D eigenvalue weighted by molar-refractivity contribution is -0.137. The average Bonchev–Trinajstić information content (AvgIpc) is 2.24. The second kappa shape index (κ2) is 6.26. The minimum Gasteiger partial charge on any atom is -0.481 e. The van der Waals surface area contributed by atoms with Crippen LogP contribution >= 0.6 is 0 Å². The van der Waals surface area contributed by atoms with Gasteiger partial charge in [0.1, 0.15) is 0 Å². The summed E-state index contributed by atoms with van der Waals surface area (Å²) in [6, 6.07) is -0.156. The fraction of sp³-hybridized carbons (Fsp3) is 0.857. The number of aliphatic carboxylic acids is 1. The highest BCUT2D eigenvalue weighted by Gasteiger charge is 2.46. The Balaban J connectivity index is 1.61. The van der Waals surface area contributed by atoms with Crippen LogP contribution in [0.5, 0.6) is 0 Å². The summed E-state index contributed by atoms with van der Waals surface area (Å²) in [5, 5.41) is 14.2. The third-order valence-electron chi connectivity index (χ3n) is 4.77. The fourth-order valence-electron chi connectivity index (χ4n) is 3.14. The first kappa shape index (κ1) is 14.2. The number of rotatable bonds is 7. The highest BCUT2D eigenvalue weighted by Crippen LogP contribution is 2.53. The minimum atomic E-state index is -0.819. The maximum absolute atomic E-state index is 11.6. The van der Waals surface area contributed by atoms with Crippen molar-refractivity contribution in [2.24, 2.45) is 11.3 Å². The van der Waals surface area contributed by atoms with Gasteiger partial charge in [-0.15, -0.1) is 0 Å². The van der Waals surface area contributed by atoms with Crippen LogP contribution in [0.1, 0.15) is 51.4 Å². The summed E-state index contributed by atoms with van der Waals surface area (Å²) in [5.74, 6) is -0.00540. The molecule has 5 nitrogen and oxygen atoms in total. The lowest BCUT2D eigenvalue weighted by atomic mass is 9.55. The molecule has 0 spiro atoms. The molecule has 108 valence electrons. The summed E-state index contributed by atoms with van der Waals surface area (Å²) in [5.41, 5.74) is 0.372. The van der Waals surface area contributed by atoms with Gasteiger partial charge in [-0.3, -0.25) is 4.79 Å². The molecule has 0 atom stereocenters. The van der Waals surface area contributed by atoms with Gasteiger partial charge in [-0.1, -0.05) is 12.8 Å². The van der Waals surface area contributed by atoms with Crippen LogP contribution in [0, 0.1) is 11.3 Å². The van der Waals surface area contributed by atoms with Crippen LogP contribution in [-0.4, -0.2) is 30.2 Å². The summed E-state index contributed by atoms with van der Waals surface area (Å²) < 4.78 is 0. The Labute approximate surface area is 114 Å². The molecular formula is C14H24N2O3. The number of carbonyl (C=O) groups excluding carboxylic acids is 1. The van der Waals surface area contributed by atoms with Gasteiger partial charge in [0.2, 0.25) is 0 Å². The van der Waals surface area contributed by atoms with Crippen molar-refractivity contribution in [1.82, 2.24) is 10.6 Å². The molecule has 0 aromatic carbocycles. The normalized spacial score (nSPS) is 21.1. The van der Waals surface area contributed by atoms with Crippen molar-refractivity contribution in [3.8, 4) is 0 Å². The molecule has 2 amide bonds. The molecule has 3 N–H and O–H groups in total. The standard InChI is InChI=1S/C14H24N2O3/c17-12(18)6-2-9-15-13(19)16-10-14(7-3-8-14)11-4-1-5-11/h11H,1-10H2,(H,17,18)(H2,15,16,19). The second-order valence-electron chi connectivity index (χ2n) is 5.95. The maximum Gasteiger partial charge on any atom is 0.314 e. The van der Waals surface area contributed by atoms with Crippen molar-refractivity contribution >= 4 is 12.0 Å². The summed E-state index contributed by atoms with van der Waals surface area (Å²) in [7, 11) is 0. The number of nitrogens with one attached hydrogen (secondary N) is 2. The molecule has 2 aliphatic carbocycles. The van der Waals surface area contributed by atoms with Crippen molar-refractivity contribution in [3.05, 3.63) is 0 Å². The average molecular weight is 268 g/mol. The van der Waals surface area contributed by atoms with E-state index in [0.717, 1.165) is 12.5 Å². The highest BCUT2D eigenvalue weighted by molar-refractivity contribution is 5.74. The molecule has 2 fully saturated rings. The van der Waals surface area contributed by atoms with Gasteiger partial charge in [0.05, 0.1) is 0 Å². The fourth-order valence-corrected chi connectivity index (χ4v) is 3.14. The summed E-state index contributed by atoms with van der Waals surface area (Å²) in [6.45, 7) is 1.21. The van der Waals surface area contributed by atoms with Crippen LogP contribution in [0.2, 0.25) is 0 Å². The molecule has 0 saturated heterocycles. The van der Waals surface area contributed by atoms with Crippen LogP contribution in [0.25, 0.3) is 0 Å². The number of amides is 2. The molecule has 19 heavy (non-hydrogen) atoms. The van der Waals surface area contributed by atoms with E-state index in [1.54, 1.807) is 0 Å². The summed E-state index contributed by atoms with van der Waals surface area (Å²) in [6.07, 6.45) is 8.35. The van der Waals surface area contributed by atoms with Crippen molar-refractivity contribution in [1.29, 1.82) is 0 Å². The third kappa shape index (κ3) is 3.61. The quantitative estimate of drug-likeness (QED) is 0.619. The zero-order valence-electron chi connectivity index (χ0n) is 11.4. The van der Waals surface area contributed by atoms with E-state index in [1.807, 2.05) is 0 Å². The second-order valence-corrected chi connectivity index (χ2v) is 5.95. The van der Waals surface area contributed by atoms with Crippen molar-refractivity contribution < 1.29 is 14.7 Å². The Hall–Kier alpha value is -1.26. The van der Waals surface area contributed by atoms with Gasteiger partial charge >= 0.3 is 12.0 Å². The lowest BCUT2D eigenvalue weighted by Gasteiger charge is -2.51. The van der Waals surface area contributed by atoms with Crippen LogP contribution in [-0.2, 0) is 4.79 Å². The predicted molar refractivity (Wildman–Crippen MR) is 71.9 cm³/mol. The predicted octanol–water partition coefficient (Wildman–Crippen LogP) is 2.12. The molecule has 2 saturated carbocycles. The molecule has 2 aliphatic rings. The Morgan fingerprint density at radius 2 is 1.89 bits per heavy atom. The zero-order valence-corrected chi connectivity index (χ0v) is 11.4. The van der Waals surface area contributed by atoms with Crippen molar-refractivity contribution in [3.63, 3.8) is 0 Å². The number of carboxylic acids is 1. The van der Waals surface area contributed by atoms with E-state index in [1.165, 1.54) is 38.5 Å². The van der Waals surface area contributed by atoms with E-state index in [9.17, 15) is 9.59 Å². The Morgan fingerprint density at radius 1 is 1.16 bits per heavy atom. The van der Waals surface area contributed by atoms with Crippen LogP contribution in [0.15, 0.2) is 0 Å². The van der Waals surface area contributed by atoms with E-state index in [4.69, 9.17) is 5.11 Å². The number of hydrogen-bond donors (Lipinski definition) is 3. The van der Waals surface area contributed by atoms with Gasteiger partial charge in [0.25, 0.3) is 0 Å². The van der Waals surface area contributed by atoms with E-state index >= 15 is 0 Å². The molecule has 0 heterocycles. The molecule has 0 aromatic rings. The zero-order chi connectivity index (χ0) is 13.7. The minimum absolute atomic E-state index is 0.103. The van der Waals surface area contributed by atoms with E-state index in [-0.39, 0.29) is 12.5 Å². The SMILES string of the molecule is O=C(O)CCCNC(=O)NCC1(C2CCC2)CCC1. The van der Waals surface area contributed by atoms with Crippen molar-refractivity contribution in [2.75, 3.05) is 13.1 Å². The van der Waals surface area contributed by atoms with E-state index < -0.39 is 5.97 Å². The topological polar surface area (TPSA) is 78.4 Å². The highest BCUT2D eigenvalue weighted by atomic mass is 16.4. The summed E-state index contributed by atoms with van der Waals surface area (Å²) in [4.78, 5) is 22.0. The lowest BCUT2D eigenvalue weighted by Crippen LogP contribution is -2.51. The first-order valence-corrected chi connectivity index (χ1v) is 7.36. The molecule has 0 unspecified atom stereocenters. The molecule has 0 aromatic heterocycles. The Kier molecular flexibility index (Phi) is 4.66. The molecule has 0 bridgehead atoms. The molecule has 0 aliphatic heterocycles. The Bertz CT molecular complexity index is 336. The van der Waals surface area contributed by atoms with Gasteiger partial charge in [-0.2, -0.15) is 0 Å². The van der Waals surface area contributed by atoms with Crippen molar-refractivity contribution in [2.45, 2.75) is 51.4 Å². The third-order valence-corrected chi connectivity index (χ3v) is 4.77. The van der Waals surface area contributed by atoms with Crippen LogP contribution in [0.4, 0.5) is 4.79 Å². The van der Waals surface area contributed by atoms with Gasteiger partial charge in [0, 0.05) is 19.5 Å². The number of hydrogen-bond acceptors (Lipinski definition) is 2. The Morgan fingerprint density at radius 3 is 2.37 bits per heavy atom. The van der Waals surface area contributed by atoms with Crippen LogP contribution in [0.3, 0.4) is 0 Å². The largest absolute Gasteiger partial charge is 0.481 e. The molecule has 0 radical (unpaired) electrons. The monoisotopic (exact) mass is 268 g/mol. The first-order chi connectivity index (χ1) is 9.12. The number of urea groups is 1. The van der Waals surface area contributed by atoms with Gasteiger partial charge < -0.3 is 15.7 Å².